The van der Waals surface area contributed by atoms with Gasteiger partial charge in [0.25, 0.3) is 0 Å². The number of aromatic nitrogens is 4. The molecule has 6 nitrogen and oxygen atoms in total. The number of anilines is 1. The second-order valence-electron chi connectivity index (χ2n) is 5.27. The highest BCUT2D eigenvalue weighted by Gasteiger charge is 2.27. The Morgan fingerprint density at radius 1 is 1.10 bits per heavy atom. The number of hydrogen-bond donors (Lipinski definition) is 2. The lowest BCUT2D eigenvalue weighted by molar-refractivity contribution is 0.859. The maximum atomic E-state index is 5.49. The van der Waals surface area contributed by atoms with Crippen LogP contribution in [0.25, 0.3) is 0 Å². The number of nitrogens with zero attached hydrogens (tertiary/aromatic N) is 4. The molecule has 21 heavy (non-hydrogen) atoms. The third-order valence-corrected chi connectivity index (χ3v) is 4.40. The molecule has 0 spiro atoms. The van der Waals surface area contributed by atoms with Crippen molar-refractivity contribution in [2.24, 2.45) is 5.84 Å². The van der Waals surface area contributed by atoms with Gasteiger partial charge in [-0.2, -0.15) is 0 Å². The van der Waals surface area contributed by atoms with E-state index in [4.69, 9.17) is 5.84 Å². The molecule has 0 bridgehead atoms. The SMILES string of the molecule is Cc1nc(Sc2cc(NN)nc(C3CC3)n2)nc(C)c1C. The van der Waals surface area contributed by atoms with Gasteiger partial charge in [-0.15, -0.1) is 0 Å². The standard InChI is InChI=1S/C14H18N6S/c1-7-8(2)16-14(17-9(7)3)21-12-6-11(20-15)18-13(19-12)10-4-5-10/h6,10H,4-5,15H2,1-3H3,(H,18,19,20). The monoisotopic (exact) mass is 302 g/mol. The molecule has 1 saturated carbocycles. The highest BCUT2D eigenvalue weighted by Crippen LogP contribution is 2.39. The van der Waals surface area contributed by atoms with Crippen LogP contribution in [-0.4, -0.2) is 19.9 Å². The van der Waals surface area contributed by atoms with Crippen molar-refractivity contribution in [2.75, 3.05) is 5.43 Å². The van der Waals surface area contributed by atoms with Gasteiger partial charge in [0.15, 0.2) is 5.16 Å². The molecule has 0 aliphatic heterocycles. The summed E-state index contributed by atoms with van der Waals surface area (Å²) in [6.45, 7) is 6.03. The number of nitrogens with one attached hydrogen (secondary N) is 1. The molecule has 2 aromatic heterocycles. The van der Waals surface area contributed by atoms with Crippen LogP contribution in [0.5, 0.6) is 0 Å². The lowest BCUT2D eigenvalue weighted by Crippen LogP contribution is -2.10. The predicted molar refractivity (Wildman–Crippen MR) is 82.2 cm³/mol. The molecule has 1 aliphatic rings. The molecule has 0 saturated heterocycles. The van der Waals surface area contributed by atoms with Gasteiger partial charge < -0.3 is 5.43 Å². The normalized spacial score (nSPS) is 14.3. The molecule has 3 rings (SSSR count). The highest BCUT2D eigenvalue weighted by atomic mass is 32.2. The lowest BCUT2D eigenvalue weighted by atomic mass is 10.2. The Morgan fingerprint density at radius 2 is 1.76 bits per heavy atom. The van der Waals surface area contributed by atoms with Gasteiger partial charge in [-0.3, -0.25) is 0 Å². The topological polar surface area (TPSA) is 89.6 Å². The average molecular weight is 302 g/mol. The molecule has 3 N–H and O–H groups in total. The van der Waals surface area contributed by atoms with Crippen LogP contribution in [0.1, 0.15) is 41.5 Å². The van der Waals surface area contributed by atoms with Crippen LogP contribution in [0.4, 0.5) is 5.82 Å². The van der Waals surface area contributed by atoms with E-state index in [1.807, 2.05) is 26.8 Å². The van der Waals surface area contributed by atoms with Crippen LogP contribution in [-0.2, 0) is 0 Å². The summed E-state index contributed by atoms with van der Waals surface area (Å²) in [5, 5.41) is 1.53. The van der Waals surface area contributed by atoms with E-state index in [9.17, 15) is 0 Å². The van der Waals surface area contributed by atoms with E-state index in [0.29, 0.717) is 16.9 Å². The Morgan fingerprint density at radius 3 is 2.33 bits per heavy atom. The van der Waals surface area contributed by atoms with E-state index in [-0.39, 0.29) is 0 Å². The van der Waals surface area contributed by atoms with Crippen LogP contribution >= 0.6 is 11.8 Å². The van der Waals surface area contributed by atoms with E-state index < -0.39 is 0 Å². The molecule has 0 amide bonds. The molecule has 2 aromatic rings. The summed E-state index contributed by atoms with van der Waals surface area (Å²) in [6, 6.07) is 1.82. The van der Waals surface area contributed by atoms with Gasteiger partial charge in [0, 0.05) is 23.4 Å². The average Bonchev–Trinajstić information content (AvgIpc) is 3.29. The second-order valence-corrected chi connectivity index (χ2v) is 6.26. The van der Waals surface area contributed by atoms with Crippen LogP contribution in [0.2, 0.25) is 0 Å². The summed E-state index contributed by atoms with van der Waals surface area (Å²) < 4.78 is 0. The summed E-state index contributed by atoms with van der Waals surface area (Å²) in [7, 11) is 0. The van der Waals surface area contributed by atoms with E-state index in [2.05, 4.69) is 25.4 Å². The first-order valence-corrected chi connectivity index (χ1v) is 7.73. The van der Waals surface area contributed by atoms with Gasteiger partial charge in [0.1, 0.15) is 16.7 Å². The zero-order valence-electron chi connectivity index (χ0n) is 12.3. The first-order chi connectivity index (χ1) is 10.1. The van der Waals surface area contributed by atoms with Gasteiger partial charge in [-0.25, -0.2) is 25.8 Å². The Hall–Kier alpha value is -1.73. The lowest BCUT2D eigenvalue weighted by Gasteiger charge is -2.08. The van der Waals surface area contributed by atoms with Crippen LogP contribution in [0.15, 0.2) is 16.2 Å². The van der Waals surface area contributed by atoms with Crippen LogP contribution in [0, 0.1) is 20.8 Å². The van der Waals surface area contributed by atoms with Gasteiger partial charge in [0.2, 0.25) is 0 Å². The first kappa shape index (κ1) is 14.2. The summed E-state index contributed by atoms with van der Waals surface area (Å²) in [6.07, 6.45) is 2.30. The first-order valence-electron chi connectivity index (χ1n) is 6.92. The van der Waals surface area contributed by atoms with Crippen molar-refractivity contribution in [3.8, 4) is 0 Å². The highest BCUT2D eigenvalue weighted by molar-refractivity contribution is 7.99. The minimum Gasteiger partial charge on any atom is -0.308 e. The quantitative estimate of drug-likeness (QED) is 0.388. The Kier molecular flexibility index (Phi) is 3.77. The predicted octanol–water partition coefficient (Wildman–Crippen LogP) is 2.51. The second kappa shape index (κ2) is 5.57. The molecule has 0 atom stereocenters. The number of rotatable bonds is 4. The minimum atomic E-state index is 0.472. The number of hydrogen-bond acceptors (Lipinski definition) is 7. The van der Waals surface area contributed by atoms with Crippen molar-refractivity contribution >= 4 is 17.6 Å². The van der Waals surface area contributed by atoms with Gasteiger partial charge in [-0.1, -0.05) is 0 Å². The molecular weight excluding hydrogens is 284 g/mol. The fourth-order valence-electron chi connectivity index (χ4n) is 1.97. The number of aryl methyl sites for hydroxylation is 2. The van der Waals surface area contributed by atoms with E-state index in [0.717, 1.165) is 40.6 Å². The Labute approximate surface area is 128 Å². The zero-order valence-corrected chi connectivity index (χ0v) is 13.2. The molecular formula is C14H18N6S. The number of nitrogen functional groups attached to an aromatic ring is 1. The number of nitrogens with two attached hydrogens (primary N) is 1. The summed E-state index contributed by atoms with van der Waals surface area (Å²) in [5.74, 6) is 7.45. The van der Waals surface area contributed by atoms with Crippen LogP contribution < -0.4 is 11.3 Å². The van der Waals surface area contributed by atoms with Crippen molar-refractivity contribution in [2.45, 2.75) is 49.7 Å². The van der Waals surface area contributed by atoms with Gasteiger partial charge in [-0.05, 0) is 50.9 Å². The van der Waals surface area contributed by atoms with E-state index >= 15 is 0 Å². The molecule has 7 heteroatoms. The fourth-order valence-corrected chi connectivity index (χ4v) is 2.84. The molecule has 110 valence electrons. The zero-order chi connectivity index (χ0) is 15.0. The summed E-state index contributed by atoms with van der Waals surface area (Å²) >= 11 is 1.44. The summed E-state index contributed by atoms with van der Waals surface area (Å²) in [4.78, 5) is 18.0. The maximum Gasteiger partial charge on any atom is 0.194 e. The third-order valence-electron chi connectivity index (χ3n) is 3.62. The molecule has 2 heterocycles. The number of hydrazine groups is 1. The van der Waals surface area contributed by atoms with Gasteiger partial charge >= 0.3 is 0 Å². The summed E-state index contributed by atoms with van der Waals surface area (Å²) in [5.41, 5.74) is 5.73. The smallest absolute Gasteiger partial charge is 0.194 e. The van der Waals surface area contributed by atoms with E-state index in [1.165, 1.54) is 11.8 Å². The fraction of sp³-hybridized carbons (Fsp3) is 0.429. The van der Waals surface area contributed by atoms with Crippen molar-refractivity contribution in [1.82, 2.24) is 19.9 Å². The minimum absolute atomic E-state index is 0.472. The Balaban J connectivity index is 1.92. The van der Waals surface area contributed by atoms with E-state index in [1.54, 1.807) is 0 Å². The van der Waals surface area contributed by atoms with Crippen molar-refractivity contribution in [1.29, 1.82) is 0 Å². The van der Waals surface area contributed by atoms with Crippen molar-refractivity contribution < 1.29 is 0 Å². The van der Waals surface area contributed by atoms with Gasteiger partial charge in [0.05, 0.1) is 0 Å². The molecule has 1 aliphatic carbocycles. The molecule has 1 fully saturated rings. The third kappa shape index (κ3) is 3.14. The maximum absolute atomic E-state index is 5.49. The Bertz CT molecular complexity index is 660. The van der Waals surface area contributed by atoms with Crippen molar-refractivity contribution in [3.05, 3.63) is 28.8 Å². The van der Waals surface area contributed by atoms with Crippen molar-refractivity contribution in [3.63, 3.8) is 0 Å². The molecule has 0 radical (unpaired) electrons. The largest absolute Gasteiger partial charge is 0.308 e. The molecule has 0 aromatic carbocycles. The van der Waals surface area contributed by atoms with Crippen LogP contribution in [0.3, 0.4) is 0 Å². The molecule has 0 unspecified atom stereocenters.